The Morgan fingerprint density at radius 2 is 2.11 bits per heavy atom. The van der Waals surface area contributed by atoms with Gasteiger partial charge in [0.25, 0.3) is 0 Å². The molecule has 1 rings (SSSR count). The Morgan fingerprint density at radius 3 is 2.67 bits per heavy atom. The van der Waals surface area contributed by atoms with Crippen molar-refractivity contribution in [1.29, 1.82) is 0 Å². The fourth-order valence-corrected chi connectivity index (χ4v) is 2.04. The van der Waals surface area contributed by atoms with Gasteiger partial charge in [-0.05, 0) is 19.8 Å². The number of nitrogens with zero attached hydrogens (tertiary/aromatic N) is 1. The second-order valence-electron chi connectivity index (χ2n) is 4.39. The lowest BCUT2D eigenvalue weighted by atomic mass is 9.96. The molecule has 0 bridgehead atoms. The summed E-state index contributed by atoms with van der Waals surface area (Å²) in [6.07, 6.45) is 7.68. The van der Waals surface area contributed by atoms with Gasteiger partial charge in [0.1, 0.15) is 11.4 Å². The molecule has 1 aliphatic carbocycles. The quantitative estimate of drug-likeness (QED) is 0.335. The van der Waals surface area contributed by atoms with E-state index in [2.05, 4.69) is 10.3 Å². The highest BCUT2D eigenvalue weighted by Gasteiger charge is 2.16. The van der Waals surface area contributed by atoms with Crippen LogP contribution in [0.4, 0.5) is 0 Å². The summed E-state index contributed by atoms with van der Waals surface area (Å²) in [6, 6.07) is 0.424. The number of carbonyl (C=O) groups is 1. The summed E-state index contributed by atoms with van der Waals surface area (Å²) in [5.41, 5.74) is 6.02. The van der Waals surface area contributed by atoms with Crippen LogP contribution in [0.5, 0.6) is 0 Å². The van der Waals surface area contributed by atoms with Crippen molar-refractivity contribution in [2.24, 2.45) is 10.7 Å². The van der Waals surface area contributed by atoms with E-state index >= 15 is 0 Å². The molecular weight excluding hydrogens is 230 g/mol. The van der Waals surface area contributed by atoms with Gasteiger partial charge in [-0.1, -0.05) is 19.3 Å². The molecule has 0 amide bonds. The van der Waals surface area contributed by atoms with Crippen molar-refractivity contribution in [3.05, 3.63) is 11.8 Å². The minimum absolute atomic E-state index is 0.205. The lowest BCUT2D eigenvalue weighted by molar-refractivity contribution is -0.137. The maximum atomic E-state index is 11.7. The van der Waals surface area contributed by atoms with E-state index in [-0.39, 0.29) is 5.84 Å². The standard InChI is InChI=1S/C13H23N3O2/c1-3-18-13(17)11(12(14)15-2)9-16-10-7-5-4-6-8-10/h9-10,16H,3-8H2,1-2H3,(H2,14,15). The van der Waals surface area contributed by atoms with Crippen LogP contribution in [-0.2, 0) is 9.53 Å². The summed E-state index contributed by atoms with van der Waals surface area (Å²) < 4.78 is 4.96. The number of nitrogens with two attached hydrogens (primary N) is 1. The molecule has 1 saturated carbocycles. The highest BCUT2D eigenvalue weighted by Crippen LogP contribution is 2.17. The van der Waals surface area contributed by atoms with Crippen molar-refractivity contribution in [1.82, 2.24) is 5.32 Å². The Balaban J connectivity index is 2.66. The Kier molecular flexibility index (Phi) is 6.25. The summed E-state index contributed by atoms with van der Waals surface area (Å²) in [4.78, 5) is 15.6. The summed E-state index contributed by atoms with van der Waals surface area (Å²) >= 11 is 0. The molecule has 0 aromatic carbocycles. The molecule has 0 aromatic rings. The van der Waals surface area contributed by atoms with Crippen molar-refractivity contribution in [2.45, 2.75) is 45.1 Å². The van der Waals surface area contributed by atoms with Crippen molar-refractivity contribution in [3.8, 4) is 0 Å². The van der Waals surface area contributed by atoms with E-state index in [0.29, 0.717) is 18.2 Å². The zero-order valence-corrected chi connectivity index (χ0v) is 11.2. The average Bonchev–Trinajstić information content (AvgIpc) is 2.40. The molecule has 0 unspecified atom stereocenters. The molecule has 0 aliphatic heterocycles. The van der Waals surface area contributed by atoms with E-state index in [9.17, 15) is 4.79 Å². The number of rotatable bonds is 5. The van der Waals surface area contributed by atoms with E-state index < -0.39 is 5.97 Å². The predicted octanol–water partition coefficient (Wildman–Crippen LogP) is 1.34. The summed E-state index contributed by atoms with van der Waals surface area (Å²) in [5, 5.41) is 3.25. The Hall–Kier alpha value is -1.52. The first kappa shape index (κ1) is 14.5. The molecule has 1 aliphatic rings. The van der Waals surface area contributed by atoms with E-state index in [4.69, 9.17) is 10.5 Å². The van der Waals surface area contributed by atoms with Gasteiger partial charge in [-0.15, -0.1) is 0 Å². The first-order chi connectivity index (χ1) is 8.69. The second-order valence-corrected chi connectivity index (χ2v) is 4.39. The highest BCUT2D eigenvalue weighted by molar-refractivity contribution is 6.18. The monoisotopic (exact) mass is 253 g/mol. The number of nitrogens with one attached hydrogen (secondary N) is 1. The Labute approximate surface area is 108 Å². The number of esters is 1. The van der Waals surface area contributed by atoms with Crippen molar-refractivity contribution >= 4 is 11.8 Å². The van der Waals surface area contributed by atoms with Gasteiger partial charge in [0.05, 0.1) is 6.61 Å². The Morgan fingerprint density at radius 1 is 1.44 bits per heavy atom. The Bertz CT molecular complexity index is 331. The number of hydrogen-bond donors (Lipinski definition) is 2. The van der Waals surface area contributed by atoms with Gasteiger partial charge in [-0.3, -0.25) is 4.99 Å². The summed E-state index contributed by atoms with van der Waals surface area (Å²) in [5.74, 6) is -0.222. The van der Waals surface area contributed by atoms with E-state index in [1.54, 1.807) is 20.2 Å². The maximum Gasteiger partial charge on any atom is 0.343 e. The molecule has 0 radical (unpaired) electrons. The van der Waals surface area contributed by atoms with Gasteiger partial charge in [-0.25, -0.2) is 4.79 Å². The molecular formula is C13H23N3O2. The number of ether oxygens (including phenoxy) is 1. The molecule has 5 nitrogen and oxygen atoms in total. The average molecular weight is 253 g/mol. The number of carbonyl (C=O) groups excluding carboxylic acids is 1. The molecule has 0 atom stereocenters. The molecule has 0 aromatic heterocycles. The number of amidine groups is 1. The van der Waals surface area contributed by atoms with Crippen molar-refractivity contribution < 1.29 is 9.53 Å². The van der Waals surface area contributed by atoms with Gasteiger partial charge < -0.3 is 15.8 Å². The third-order valence-corrected chi connectivity index (χ3v) is 3.08. The lowest BCUT2D eigenvalue weighted by Gasteiger charge is -2.22. The second kappa shape index (κ2) is 7.74. The van der Waals surface area contributed by atoms with Gasteiger partial charge in [0, 0.05) is 19.3 Å². The first-order valence-electron chi connectivity index (χ1n) is 6.55. The van der Waals surface area contributed by atoms with Crippen LogP contribution < -0.4 is 11.1 Å². The molecule has 18 heavy (non-hydrogen) atoms. The van der Waals surface area contributed by atoms with Crippen LogP contribution in [0.3, 0.4) is 0 Å². The predicted molar refractivity (Wildman–Crippen MR) is 72.3 cm³/mol. The third kappa shape index (κ3) is 4.39. The molecule has 102 valence electrons. The SMILES string of the molecule is CCOC(=O)C(=CNC1CCCCC1)C(N)=NC. The zero-order chi connectivity index (χ0) is 13.4. The normalized spacial score (nSPS) is 18.6. The first-order valence-corrected chi connectivity index (χ1v) is 6.55. The number of aliphatic imine (C=N–C) groups is 1. The summed E-state index contributed by atoms with van der Waals surface area (Å²) in [6.45, 7) is 2.10. The molecule has 5 heteroatoms. The van der Waals surface area contributed by atoms with Gasteiger partial charge in [0.15, 0.2) is 0 Å². The van der Waals surface area contributed by atoms with Crippen molar-refractivity contribution in [2.75, 3.05) is 13.7 Å². The van der Waals surface area contributed by atoms with Crippen LogP contribution in [-0.4, -0.2) is 31.5 Å². The third-order valence-electron chi connectivity index (χ3n) is 3.08. The molecule has 1 fully saturated rings. The zero-order valence-electron chi connectivity index (χ0n) is 11.2. The van der Waals surface area contributed by atoms with E-state index in [1.807, 2.05) is 0 Å². The minimum Gasteiger partial charge on any atom is -0.462 e. The van der Waals surface area contributed by atoms with Crippen LogP contribution >= 0.6 is 0 Å². The minimum atomic E-state index is -0.427. The fourth-order valence-electron chi connectivity index (χ4n) is 2.04. The summed E-state index contributed by atoms with van der Waals surface area (Å²) in [7, 11) is 1.56. The molecule has 0 spiro atoms. The largest absolute Gasteiger partial charge is 0.462 e. The van der Waals surface area contributed by atoms with Crippen LogP contribution in [0.25, 0.3) is 0 Å². The van der Waals surface area contributed by atoms with Gasteiger partial charge in [-0.2, -0.15) is 0 Å². The topological polar surface area (TPSA) is 76.7 Å². The van der Waals surface area contributed by atoms with Crippen LogP contribution in [0, 0.1) is 0 Å². The maximum absolute atomic E-state index is 11.7. The lowest BCUT2D eigenvalue weighted by Crippen LogP contribution is -2.30. The van der Waals surface area contributed by atoms with Gasteiger partial charge >= 0.3 is 5.97 Å². The van der Waals surface area contributed by atoms with Gasteiger partial charge in [0.2, 0.25) is 0 Å². The highest BCUT2D eigenvalue weighted by atomic mass is 16.5. The molecule has 0 heterocycles. The fraction of sp³-hybridized carbons (Fsp3) is 0.692. The van der Waals surface area contributed by atoms with Crippen LogP contribution in [0.2, 0.25) is 0 Å². The molecule has 0 saturated heterocycles. The molecule has 3 N–H and O–H groups in total. The smallest absolute Gasteiger partial charge is 0.343 e. The van der Waals surface area contributed by atoms with Crippen LogP contribution in [0.1, 0.15) is 39.0 Å². The van der Waals surface area contributed by atoms with E-state index in [1.165, 1.54) is 19.3 Å². The van der Waals surface area contributed by atoms with E-state index in [0.717, 1.165) is 12.8 Å². The van der Waals surface area contributed by atoms with Crippen LogP contribution in [0.15, 0.2) is 16.8 Å². The number of hydrogen-bond acceptors (Lipinski definition) is 4. The van der Waals surface area contributed by atoms with Crippen molar-refractivity contribution in [3.63, 3.8) is 0 Å².